The molecule has 0 spiro atoms. The highest BCUT2D eigenvalue weighted by Gasteiger charge is 2.33. The SMILES string of the molecule is Cc1cc(/N=N/c2ccc(N3CCCC3)s2)ccc1Nc1ccc(/N=N/c2nc(C(F)(F)F)cs2)cc1. The fraction of sp³-hybridized carbons (Fsp3) is 0.240. The maximum Gasteiger partial charge on any atom is 0.434 e. The van der Waals surface area contributed by atoms with Crippen LogP contribution >= 0.6 is 22.7 Å². The Bertz CT molecular complexity index is 1420. The molecule has 3 heterocycles. The van der Waals surface area contributed by atoms with Crippen LogP contribution in [0.1, 0.15) is 24.1 Å². The number of thiazole rings is 1. The molecule has 0 saturated carbocycles. The van der Waals surface area contributed by atoms with Crippen LogP contribution in [-0.2, 0) is 6.18 Å². The van der Waals surface area contributed by atoms with Crippen molar-refractivity contribution < 1.29 is 13.2 Å². The zero-order valence-electron chi connectivity index (χ0n) is 19.7. The molecule has 1 N–H and O–H groups in total. The lowest BCUT2D eigenvalue weighted by Gasteiger charge is -2.13. The first kappa shape index (κ1) is 25.0. The van der Waals surface area contributed by atoms with Crippen LogP contribution in [-0.4, -0.2) is 18.1 Å². The van der Waals surface area contributed by atoms with Crippen LogP contribution in [0.3, 0.4) is 0 Å². The number of benzene rings is 2. The second-order valence-electron chi connectivity index (χ2n) is 8.39. The molecule has 1 aliphatic rings. The Morgan fingerprint density at radius 2 is 1.62 bits per heavy atom. The summed E-state index contributed by atoms with van der Waals surface area (Å²) < 4.78 is 38.0. The van der Waals surface area contributed by atoms with Gasteiger partial charge in [0.2, 0.25) is 5.13 Å². The van der Waals surface area contributed by atoms with E-state index in [9.17, 15) is 13.2 Å². The number of hydrogen-bond acceptors (Lipinski definition) is 9. The third kappa shape index (κ3) is 6.38. The molecule has 0 aliphatic carbocycles. The second-order valence-corrected chi connectivity index (χ2v) is 10.3. The molecule has 190 valence electrons. The van der Waals surface area contributed by atoms with Gasteiger partial charge in [0.25, 0.3) is 0 Å². The Balaban J connectivity index is 1.19. The van der Waals surface area contributed by atoms with E-state index < -0.39 is 11.9 Å². The van der Waals surface area contributed by atoms with Crippen molar-refractivity contribution in [3.8, 4) is 0 Å². The molecule has 0 bridgehead atoms. The third-order valence-corrected chi connectivity index (χ3v) is 7.40. The van der Waals surface area contributed by atoms with Gasteiger partial charge in [-0.25, -0.2) is 4.98 Å². The zero-order chi connectivity index (χ0) is 25.8. The van der Waals surface area contributed by atoms with E-state index in [2.05, 4.69) is 41.7 Å². The highest BCUT2D eigenvalue weighted by Crippen LogP contribution is 2.36. The lowest BCUT2D eigenvalue weighted by molar-refractivity contribution is -0.140. The fourth-order valence-electron chi connectivity index (χ4n) is 3.74. The van der Waals surface area contributed by atoms with E-state index in [1.54, 1.807) is 23.5 Å². The molecular weight excluding hydrogens is 519 g/mol. The van der Waals surface area contributed by atoms with E-state index in [0.717, 1.165) is 57.4 Å². The smallest absolute Gasteiger partial charge is 0.363 e. The largest absolute Gasteiger partial charge is 0.434 e. The lowest BCUT2D eigenvalue weighted by atomic mass is 10.1. The Hall–Kier alpha value is -3.64. The number of alkyl halides is 3. The summed E-state index contributed by atoms with van der Waals surface area (Å²) in [5.41, 5.74) is 3.07. The predicted octanol–water partition coefficient (Wildman–Crippen LogP) is 9.71. The number of hydrogen-bond donors (Lipinski definition) is 1. The predicted molar refractivity (Wildman–Crippen MR) is 142 cm³/mol. The highest BCUT2D eigenvalue weighted by atomic mass is 32.1. The van der Waals surface area contributed by atoms with Gasteiger partial charge >= 0.3 is 6.18 Å². The van der Waals surface area contributed by atoms with Crippen molar-refractivity contribution in [2.75, 3.05) is 23.3 Å². The average Bonchev–Trinajstić information content (AvgIpc) is 3.65. The first-order valence-corrected chi connectivity index (χ1v) is 13.2. The van der Waals surface area contributed by atoms with Gasteiger partial charge in [-0.2, -0.15) is 13.2 Å². The standard InChI is InChI=1S/C25H22F3N7S2/c1-16-14-19(32-33-22-10-11-23(37-22)35-12-2-3-13-35)8-9-20(16)29-17-4-6-18(7-5-17)31-34-24-30-21(15-36-24)25(26,27)28/h4-11,14-15,29H,2-3,12-13H2,1H3/b33-32+,34-31+. The van der Waals surface area contributed by atoms with Crippen LogP contribution < -0.4 is 10.2 Å². The highest BCUT2D eigenvalue weighted by molar-refractivity contribution is 7.19. The van der Waals surface area contributed by atoms with E-state index in [0.29, 0.717) is 5.69 Å². The van der Waals surface area contributed by atoms with Crippen LogP contribution in [0.5, 0.6) is 0 Å². The summed E-state index contributed by atoms with van der Waals surface area (Å²) in [4.78, 5) is 5.83. The minimum atomic E-state index is -4.49. The first-order valence-electron chi connectivity index (χ1n) is 11.5. The van der Waals surface area contributed by atoms with Gasteiger partial charge in [-0.05, 0) is 79.9 Å². The Morgan fingerprint density at radius 3 is 2.32 bits per heavy atom. The van der Waals surface area contributed by atoms with Gasteiger partial charge in [-0.3, -0.25) is 0 Å². The normalized spacial score (nSPS) is 14.3. The molecule has 5 rings (SSSR count). The van der Waals surface area contributed by atoms with E-state index in [1.807, 2.05) is 43.3 Å². The molecule has 2 aromatic heterocycles. The van der Waals surface area contributed by atoms with Gasteiger partial charge in [0.1, 0.15) is 5.00 Å². The molecule has 0 unspecified atom stereocenters. The van der Waals surface area contributed by atoms with Gasteiger partial charge in [0, 0.05) is 29.8 Å². The van der Waals surface area contributed by atoms with Crippen molar-refractivity contribution >= 4 is 60.6 Å². The number of rotatable bonds is 7. The van der Waals surface area contributed by atoms with Gasteiger partial charge in [0.15, 0.2) is 5.69 Å². The summed E-state index contributed by atoms with van der Waals surface area (Å²) in [6, 6.07) is 17.0. The monoisotopic (exact) mass is 541 g/mol. The third-order valence-electron chi connectivity index (χ3n) is 5.65. The lowest BCUT2D eigenvalue weighted by Crippen LogP contribution is -2.15. The molecule has 12 heteroatoms. The van der Waals surface area contributed by atoms with E-state index in [1.165, 1.54) is 17.8 Å². The number of halogens is 3. The maximum absolute atomic E-state index is 12.7. The summed E-state index contributed by atoms with van der Waals surface area (Å²) in [7, 11) is 0. The van der Waals surface area contributed by atoms with Crippen LogP contribution in [0.25, 0.3) is 0 Å². The number of aryl methyl sites for hydroxylation is 1. The molecule has 0 atom stereocenters. The van der Waals surface area contributed by atoms with Gasteiger partial charge in [0.05, 0.1) is 16.4 Å². The minimum Gasteiger partial charge on any atom is -0.363 e. The molecular formula is C25H22F3N7S2. The Labute approximate surface area is 219 Å². The van der Waals surface area contributed by atoms with Crippen LogP contribution in [0.15, 0.2) is 80.4 Å². The molecule has 37 heavy (non-hydrogen) atoms. The summed E-state index contributed by atoms with van der Waals surface area (Å²) in [6.45, 7) is 4.20. The second kappa shape index (κ2) is 10.8. The zero-order valence-corrected chi connectivity index (χ0v) is 21.4. The van der Waals surface area contributed by atoms with Crippen LogP contribution in [0.2, 0.25) is 0 Å². The van der Waals surface area contributed by atoms with Crippen molar-refractivity contribution in [1.29, 1.82) is 0 Å². The number of aromatic nitrogens is 1. The maximum atomic E-state index is 12.7. The quantitative estimate of drug-likeness (QED) is 0.237. The van der Waals surface area contributed by atoms with Crippen molar-refractivity contribution in [3.05, 3.63) is 71.2 Å². The van der Waals surface area contributed by atoms with E-state index >= 15 is 0 Å². The first-order chi connectivity index (χ1) is 17.8. The summed E-state index contributed by atoms with van der Waals surface area (Å²) >= 11 is 2.45. The van der Waals surface area contributed by atoms with Crippen LogP contribution in [0, 0.1) is 6.92 Å². The summed E-state index contributed by atoms with van der Waals surface area (Å²) in [5.74, 6) is 0. The van der Waals surface area contributed by atoms with Crippen molar-refractivity contribution in [2.45, 2.75) is 25.9 Å². The number of thiophene rings is 1. The minimum absolute atomic E-state index is 0.0477. The van der Waals surface area contributed by atoms with Crippen molar-refractivity contribution in [1.82, 2.24) is 4.98 Å². The number of nitrogens with zero attached hydrogens (tertiary/aromatic N) is 6. The molecule has 1 saturated heterocycles. The van der Waals surface area contributed by atoms with Gasteiger partial charge < -0.3 is 10.2 Å². The molecule has 1 aliphatic heterocycles. The molecule has 2 aromatic carbocycles. The molecule has 7 nitrogen and oxygen atoms in total. The fourth-order valence-corrected chi connectivity index (χ4v) is 5.27. The van der Waals surface area contributed by atoms with Gasteiger partial charge in [-0.15, -0.1) is 31.8 Å². The number of azo groups is 2. The van der Waals surface area contributed by atoms with E-state index in [4.69, 9.17) is 0 Å². The molecule has 1 fully saturated rings. The van der Waals surface area contributed by atoms with Crippen LogP contribution in [0.4, 0.5) is 51.1 Å². The number of anilines is 3. The summed E-state index contributed by atoms with van der Waals surface area (Å²) in [5, 5.41) is 22.9. The van der Waals surface area contributed by atoms with Crippen molar-refractivity contribution in [2.24, 2.45) is 20.5 Å². The summed E-state index contributed by atoms with van der Waals surface area (Å²) in [6.07, 6.45) is -2.00. The van der Waals surface area contributed by atoms with Crippen molar-refractivity contribution in [3.63, 3.8) is 0 Å². The van der Waals surface area contributed by atoms with E-state index in [-0.39, 0.29) is 5.13 Å². The molecule has 4 aromatic rings. The average molecular weight is 542 g/mol. The number of nitrogens with one attached hydrogen (secondary N) is 1. The topological polar surface area (TPSA) is 77.6 Å². The Morgan fingerprint density at radius 1 is 0.892 bits per heavy atom. The molecule has 0 amide bonds. The van der Waals surface area contributed by atoms with Gasteiger partial charge in [-0.1, -0.05) is 11.3 Å². The Kier molecular flexibility index (Phi) is 7.28. The molecule has 0 radical (unpaired) electrons.